The average molecular weight is 223 g/mol. The third kappa shape index (κ3) is 2.13. The molecule has 16 heavy (non-hydrogen) atoms. The van der Waals surface area contributed by atoms with Gasteiger partial charge in [-0.15, -0.1) is 0 Å². The molecule has 4 N–H and O–H groups in total. The lowest BCUT2D eigenvalue weighted by Gasteiger charge is -2.34. The van der Waals surface area contributed by atoms with Gasteiger partial charge >= 0.3 is 0 Å². The topological polar surface area (TPSA) is 72.7 Å². The van der Waals surface area contributed by atoms with Crippen molar-refractivity contribution in [3.63, 3.8) is 0 Å². The summed E-state index contributed by atoms with van der Waals surface area (Å²) >= 11 is 0. The third-order valence-electron chi connectivity index (χ3n) is 3.09. The zero-order valence-electron chi connectivity index (χ0n) is 9.22. The Hall–Kier alpha value is -1.26. The van der Waals surface area contributed by atoms with E-state index in [1.165, 1.54) is 0 Å². The summed E-state index contributed by atoms with van der Waals surface area (Å²) in [6, 6.07) is 4.86. The number of aliphatic hydroxyl groups is 1. The zero-order valence-corrected chi connectivity index (χ0v) is 9.22. The van der Waals surface area contributed by atoms with Crippen LogP contribution in [0.4, 0.5) is 0 Å². The van der Waals surface area contributed by atoms with Gasteiger partial charge < -0.3 is 20.6 Å². The van der Waals surface area contributed by atoms with E-state index in [1.807, 2.05) is 6.92 Å². The first-order chi connectivity index (χ1) is 7.58. The van der Waals surface area contributed by atoms with Gasteiger partial charge in [-0.25, -0.2) is 0 Å². The van der Waals surface area contributed by atoms with Crippen molar-refractivity contribution in [2.45, 2.75) is 38.0 Å². The molecule has 4 nitrogen and oxygen atoms in total. The van der Waals surface area contributed by atoms with Crippen molar-refractivity contribution in [3.8, 4) is 11.5 Å². The monoisotopic (exact) mass is 223 g/mol. The maximum atomic E-state index is 9.67. The summed E-state index contributed by atoms with van der Waals surface area (Å²) in [5, 5.41) is 31.8. The summed E-state index contributed by atoms with van der Waals surface area (Å²) in [7, 11) is 0. The number of hydrogen-bond acceptors (Lipinski definition) is 4. The highest BCUT2D eigenvalue weighted by Crippen LogP contribution is 2.33. The van der Waals surface area contributed by atoms with Gasteiger partial charge in [0.1, 0.15) is 11.5 Å². The van der Waals surface area contributed by atoms with E-state index in [2.05, 4.69) is 5.32 Å². The molecule has 0 spiro atoms. The molecule has 0 aromatic heterocycles. The Balaban J connectivity index is 2.05. The van der Waals surface area contributed by atoms with E-state index in [0.717, 1.165) is 12.8 Å². The SMILES string of the molecule is CC(NC1CC(O)C1)c1c(O)cccc1O. The van der Waals surface area contributed by atoms with Crippen LogP contribution in [-0.4, -0.2) is 27.5 Å². The quantitative estimate of drug-likeness (QED) is 0.622. The normalized spacial score (nSPS) is 26.1. The van der Waals surface area contributed by atoms with Crippen LogP contribution in [0.15, 0.2) is 18.2 Å². The third-order valence-corrected chi connectivity index (χ3v) is 3.09. The molecule has 0 heterocycles. The minimum Gasteiger partial charge on any atom is -0.507 e. The van der Waals surface area contributed by atoms with Crippen LogP contribution in [0.25, 0.3) is 0 Å². The first-order valence-corrected chi connectivity index (χ1v) is 5.53. The maximum Gasteiger partial charge on any atom is 0.124 e. The molecule has 0 amide bonds. The molecule has 88 valence electrons. The second-order valence-electron chi connectivity index (χ2n) is 4.42. The van der Waals surface area contributed by atoms with Gasteiger partial charge in [0, 0.05) is 12.1 Å². The van der Waals surface area contributed by atoms with Crippen LogP contribution in [-0.2, 0) is 0 Å². The fourth-order valence-electron chi connectivity index (χ4n) is 2.15. The van der Waals surface area contributed by atoms with Gasteiger partial charge in [-0.2, -0.15) is 0 Å². The molecule has 1 atom stereocenters. The first-order valence-electron chi connectivity index (χ1n) is 5.53. The molecule has 0 saturated heterocycles. The molecule has 1 unspecified atom stereocenters. The summed E-state index contributed by atoms with van der Waals surface area (Å²) in [5.74, 6) is 0.194. The van der Waals surface area contributed by atoms with Crippen molar-refractivity contribution >= 4 is 0 Å². The fraction of sp³-hybridized carbons (Fsp3) is 0.500. The Kier molecular flexibility index (Phi) is 3.03. The number of aromatic hydroxyl groups is 2. The summed E-state index contributed by atoms with van der Waals surface area (Å²) < 4.78 is 0. The van der Waals surface area contributed by atoms with E-state index in [-0.39, 0.29) is 29.7 Å². The van der Waals surface area contributed by atoms with Crippen LogP contribution < -0.4 is 5.32 Å². The average Bonchev–Trinajstić information content (AvgIpc) is 2.15. The Morgan fingerprint density at radius 1 is 1.25 bits per heavy atom. The van der Waals surface area contributed by atoms with Crippen molar-refractivity contribution in [1.29, 1.82) is 0 Å². The molecule has 2 rings (SSSR count). The lowest BCUT2D eigenvalue weighted by atomic mass is 9.88. The molecular weight excluding hydrogens is 206 g/mol. The van der Waals surface area contributed by atoms with Crippen LogP contribution in [0, 0.1) is 0 Å². The molecule has 1 aromatic carbocycles. The number of phenols is 2. The first kappa shape index (κ1) is 11.2. The molecule has 1 saturated carbocycles. The highest BCUT2D eigenvalue weighted by molar-refractivity contribution is 5.44. The van der Waals surface area contributed by atoms with Gasteiger partial charge in [-0.1, -0.05) is 6.07 Å². The van der Waals surface area contributed by atoms with Crippen molar-refractivity contribution in [3.05, 3.63) is 23.8 Å². The minimum absolute atomic E-state index is 0.0971. The van der Waals surface area contributed by atoms with Gasteiger partial charge in [0.25, 0.3) is 0 Å². The van der Waals surface area contributed by atoms with Crippen molar-refractivity contribution in [1.82, 2.24) is 5.32 Å². The highest BCUT2D eigenvalue weighted by Gasteiger charge is 2.29. The number of aliphatic hydroxyl groups excluding tert-OH is 1. The van der Waals surface area contributed by atoms with Gasteiger partial charge in [-0.3, -0.25) is 0 Å². The van der Waals surface area contributed by atoms with Gasteiger partial charge in [-0.05, 0) is 31.9 Å². The summed E-state index contributed by atoms with van der Waals surface area (Å²) in [5.41, 5.74) is 0.517. The largest absolute Gasteiger partial charge is 0.507 e. The lowest BCUT2D eigenvalue weighted by Crippen LogP contribution is -2.45. The summed E-state index contributed by atoms with van der Waals surface area (Å²) in [4.78, 5) is 0. The Morgan fingerprint density at radius 2 is 1.81 bits per heavy atom. The van der Waals surface area contributed by atoms with Crippen molar-refractivity contribution < 1.29 is 15.3 Å². The Morgan fingerprint density at radius 3 is 2.31 bits per heavy atom. The lowest BCUT2D eigenvalue weighted by molar-refractivity contribution is 0.0584. The van der Waals surface area contributed by atoms with Crippen molar-refractivity contribution in [2.75, 3.05) is 0 Å². The standard InChI is InChI=1S/C12H17NO3/c1-7(13-8-5-9(14)6-8)12-10(15)3-2-4-11(12)16/h2-4,7-9,13-16H,5-6H2,1H3. The van der Waals surface area contributed by atoms with Crippen LogP contribution in [0.3, 0.4) is 0 Å². The van der Waals surface area contributed by atoms with Gasteiger partial charge in [0.2, 0.25) is 0 Å². The number of hydrogen-bond donors (Lipinski definition) is 4. The zero-order chi connectivity index (χ0) is 11.7. The van der Waals surface area contributed by atoms with E-state index >= 15 is 0 Å². The molecule has 1 fully saturated rings. The summed E-state index contributed by atoms with van der Waals surface area (Å²) in [6.45, 7) is 1.89. The van der Waals surface area contributed by atoms with Crippen LogP contribution in [0.2, 0.25) is 0 Å². The maximum absolute atomic E-state index is 9.67. The van der Waals surface area contributed by atoms with E-state index in [0.29, 0.717) is 5.56 Å². The predicted octanol–water partition coefficient (Wildman–Crippen LogP) is 1.27. The van der Waals surface area contributed by atoms with Crippen LogP contribution >= 0.6 is 0 Å². The number of benzene rings is 1. The molecule has 1 aliphatic carbocycles. The van der Waals surface area contributed by atoms with Gasteiger partial charge in [0.05, 0.1) is 11.7 Å². The predicted molar refractivity (Wildman–Crippen MR) is 60.4 cm³/mol. The second kappa shape index (κ2) is 4.31. The van der Waals surface area contributed by atoms with Gasteiger partial charge in [0.15, 0.2) is 0 Å². The van der Waals surface area contributed by atoms with E-state index in [4.69, 9.17) is 0 Å². The molecule has 1 aromatic rings. The van der Waals surface area contributed by atoms with E-state index in [9.17, 15) is 15.3 Å². The highest BCUT2D eigenvalue weighted by atomic mass is 16.3. The molecule has 0 radical (unpaired) electrons. The fourth-order valence-corrected chi connectivity index (χ4v) is 2.15. The smallest absolute Gasteiger partial charge is 0.124 e. The van der Waals surface area contributed by atoms with Crippen molar-refractivity contribution in [2.24, 2.45) is 0 Å². The number of rotatable bonds is 3. The molecule has 1 aliphatic rings. The molecular formula is C12H17NO3. The van der Waals surface area contributed by atoms with Crippen LogP contribution in [0.5, 0.6) is 11.5 Å². The number of phenolic OH excluding ortho intramolecular Hbond substituents is 2. The molecule has 0 aliphatic heterocycles. The second-order valence-corrected chi connectivity index (χ2v) is 4.42. The molecule has 0 bridgehead atoms. The Labute approximate surface area is 94.5 Å². The minimum atomic E-state index is -0.206. The molecule has 4 heteroatoms. The van der Waals surface area contributed by atoms with E-state index < -0.39 is 0 Å². The van der Waals surface area contributed by atoms with E-state index in [1.54, 1.807) is 18.2 Å². The number of nitrogens with one attached hydrogen (secondary N) is 1. The van der Waals surface area contributed by atoms with Crippen LogP contribution in [0.1, 0.15) is 31.4 Å². The Bertz CT molecular complexity index is 354. The summed E-state index contributed by atoms with van der Waals surface area (Å²) in [6.07, 6.45) is 1.26.